The number of carbonyl (C=O) groups is 2. The van der Waals surface area contributed by atoms with E-state index in [4.69, 9.17) is 4.74 Å². The molecular weight excluding hydrogens is 302 g/mol. The van der Waals surface area contributed by atoms with Crippen LogP contribution in [0.2, 0.25) is 0 Å². The summed E-state index contributed by atoms with van der Waals surface area (Å²) in [5.41, 5.74) is 2.17. The first kappa shape index (κ1) is 16.2. The van der Waals surface area contributed by atoms with Crippen molar-refractivity contribution in [2.45, 2.75) is 24.8 Å². The summed E-state index contributed by atoms with van der Waals surface area (Å²) in [6, 6.07) is 19.0. The Morgan fingerprint density at radius 1 is 1.08 bits per heavy atom. The molecule has 3 atom stereocenters. The van der Waals surface area contributed by atoms with Crippen LogP contribution in [0.4, 0.5) is 0 Å². The maximum absolute atomic E-state index is 12.5. The van der Waals surface area contributed by atoms with Gasteiger partial charge >= 0.3 is 5.97 Å². The summed E-state index contributed by atoms with van der Waals surface area (Å²) in [7, 11) is 1.34. The highest BCUT2D eigenvalue weighted by molar-refractivity contribution is 5.88. The Hall–Kier alpha value is -2.62. The Kier molecular flexibility index (Phi) is 4.94. The molecule has 0 bridgehead atoms. The molecule has 1 fully saturated rings. The van der Waals surface area contributed by atoms with Crippen molar-refractivity contribution >= 4 is 11.9 Å². The predicted octanol–water partition coefficient (Wildman–Crippen LogP) is 2.69. The van der Waals surface area contributed by atoms with Crippen molar-refractivity contribution in [2.24, 2.45) is 5.92 Å². The minimum absolute atomic E-state index is 0.0599. The molecule has 0 heterocycles. The van der Waals surface area contributed by atoms with Crippen LogP contribution in [0.25, 0.3) is 0 Å². The van der Waals surface area contributed by atoms with Gasteiger partial charge in [0.25, 0.3) is 0 Å². The SMILES string of the molecule is COC(=O)[C@H](Cc1ccccc1)NC(=O)C1CC1c1ccccc1. The standard InChI is InChI=1S/C20H21NO3/c1-24-20(23)18(12-14-8-4-2-5-9-14)21-19(22)17-13-16(17)15-10-6-3-7-11-15/h2-11,16-18H,12-13H2,1H3,(H,21,22)/t16?,17?,18-/m0/s1. The van der Waals surface area contributed by atoms with Crippen LogP contribution in [0.5, 0.6) is 0 Å². The van der Waals surface area contributed by atoms with Gasteiger partial charge in [0.2, 0.25) is 5.91 Å². The third-order valence-corrected chi connectivity index (χ3v) is 4.44. The Bertz CT molecular complexity index is 699. The van der Waals surface area contributed by atoms with Gasteiger partial charge in [0.05, 0.1) is 7.11 Å². The second kappa shape index (κ2) is 7.30. The van der Waals surface area contributed by atoms with E-state index in [0.29, 0.717) is 6.42 Å². The first-order valence-electron chi connectivity index (χ1n) is 8.16. The molecule has 2 aromatic carbocycles. The van der Waals surface area contributed by atoms with Crippen LogP contribution in [0.1, 0.15) is 23.5 Å². The fourth-order valence-corrected chi connectivity index (χ4v) is 3.02. The zero-order valence-corrected chi connectivity index (χ0v) is 13.6. The van der Waals surface area contributed by atoms with Crippen molar-refractivity contribution in [3.8, 4) is 0 Å². The van der Waals surface area contributed by atoms with Gasteiger partial charge in [0.15, 0.2) is 0 Å². The van der Waals surface area contributed by atoms with E-state index in [2.05, 4.69) is 5.32 Å². The van der Waals surface area contributed by atoms with Gasteiger partial charge < -0.3 is 10.1 Å². The van der Waals surface area contributed by atoms with E-state index in [1.54, 1.807) is 0 Å². The number of hydrogen-bond acceptors (Lipinski definition) is 3. The molecule has 1 aliphatic rings. The number of rotatable bonds is 6. The number of methoxy groups -OCH3 is 1. The average Bonchev–Trinajstić information content (AvgIpc) is 3.43. The summed E-state index contributed by atoms with van der Waals surface area (Å²) < 4.78 is 4.84. The zero-order valence-electron chi connectivity index (χ0n) is 13.6. The van der Waals surface area contributed by atoms with Gasteiger partial charge in [-0.3, -0.25) is 4.79 Å². The molecule has 124 valence electrons. The maximum Gasteiger partial charge on any atom is 0.328 e. The molecule has 0 saturated heterocycles. The van der Waals surface area contributed by atoms with Gasteiger partial charge in [-0.1, -0.05) is 60.7 Å². The first-order valence-corrected chi connectivity index (χ1v) is 8.16. The molecule has 2 unspecified atom stereocenters. The van der Waals surface area contributed by atoms with E-state index < -0.39 is 12.0 Å². The Morgan fingerprint density at radius 3 is 2.33 bits per heavy atom. The van der Waals surface area contributed by atoms with Gasteiger partial charge in [-0.15, -0.1) is 0 Å². The van der Waals surface area contributed by atoms with Crippen molar-refractivity contribution < 1.29 is 14.3 Å². The van der Waals surface area contributed by atoms with E-state index in [1.165, 1.54) is 12.7 Å². The Balaban J connectivity index is 1.63. The number of amides is 1. The quantitative estimate of drug-likeness (QED) is 0.832. The topological polar surface area (TPSA) is 55.4 Å². The van der Waals surface area contributed by atoms with E-state index in [9.17, 15) is 9.59 Å². The maximum atomic E-state index is 12.5. The van der Waals surface area contributed by atoms with E-state index >= 15 is 0 Å². The molecule has 1 aliphatic carbocycles. The van der Waals surface area contributed by atoms with Gasteiger partial charge in [0.1, 0.15) is 6.04 Å². The fraction of sp³-hybridized carbons (Fsp3) is 0.300. The molecule has 0 aliphatic heterocycles. The van der Waals surface area contributed by atoms with Crippen LogP contribution >= 0.6 is 0 Å². The molecule has 1 N–H and O–H groups in total. The number of hydrogen-bond donors (Lipinski definition) is 1. The van der Waals surface area contributed by atoms with Crippen molar-refractivity contribution in [3.63, 3.8) is 0 Å². The second-order valence-electron chi connectivity index (χ2n) is 6.13. The van der Waals surface area contributed by atoms with Crippen LogP contribution in [-0.2, 0) is 20.7 Å². The van der Waals surface area contributed by atoms with E-state index in [1.807, 2.05) is 60.7 Å². The lowest BCUT2D eigenvalue weighted by Crippen LogP contribution is -2.43. The van der Waals surface area contributed by atoms with Crippen LogP contribution < -0.4 is 5.32 Å². The Morgan fingerprint density at radius 2 is 1.71 bits per heavy atom. The zero-order chi connectivity index (χ0) is 16.9. The molecular formula is C20H21NO3. The van der Waals surface area contributed by atoms with Crippen molar-refractivity contribution in [2.75, 3.05) is 7.11 Å². The fourth-order valence-electron chi connectivity index (χ4n) is 3.02. The lowest BCUT2D eigenvalue weighted by molar-refractivity contribution is -0.145. The normalized spacial score (nSPS) is 20.0. The molecule has 3 rings (SSSR count). The summed E-state index contributed by atoms with van der Waals surface area (Å²) in [6.45, 7) is 0. The molecule has 24 heavy (non-hydrogen) atoms. The van der Waals surface area contributed by atoms with Gasteiger partial charge in [-0.05, 0) is 23.5 Å². The Labute approximate surface area is 141 Å². The predicted molar refractivity (Wildman–Crippen MR) is 91.4 cm³/mol. The van der Waals surface area contributed by atoms with Crippen LogP contribution in [-0.4, -0.2) is 25.0 Å². The molecule has 4 nitrogen and oxygen atoms in total. The molecule has 4 heteroatoms. The first-order chi connectivity index (χ1) is 11.7. The molecule has 0 radical (unpaired) electrons. The lowest BCUT2D eigenvalue weighted by Gasteiger charge is -2.16. The van der Waals surface area contributed by atoms with Gasteiger partial charge in [-0.25, -0.2) is 4.79 Å². The number of ether oxygens (including phenoxy) is 1. The summed E-state index contributed by atoms with van der Waals surface area (Å²) in [4.78, 5) is 24.5. The van der Waals surface area contributed by atoms with Crippen molar-refractivity contribution in [3.05, 3.63) is 71.8 Å². The summed E-state index contributed by atoms with van der Waals surface area (Å²) in [6.07, 6.45) is 1.26. The molecule has 1 amide bonds. The monoisotopic (exact) mass is 323 g/mol. The largest absolute Gasteiger partial charge is 0.467 e. The molecule has 2 aromatic rings. The summed E-state index contributed by atoms with van der Waals surface area (Å²) >= 11 is 0. The molecule has 1 saturated carbocycles. The van der Waals surface area contributed by atoms with E-state index in [0.717, 1.165) is 12.0 Å². The van der Waals surface area contributed by atoms with Crippen LogP contribution in [0, 0.1) is 5.92 Å². The third-order valence-electron chi connectivity index (χ3n) is 4.44. The minimum atomic E-state index is -0.651. The van der Waals surface area contributed by atoms with Crippen molar-refractivity contribution in [1.82, 2.24) is 5.32 Å². The molecule has 0 aromatic heterocycles. The van der Waals surface area contributed by atoms with Crippen molar-refractivity contribution in [1.29, 1.82) is 0 Å². The van der Waals surface area contributed by atoms with Gasteiger partial charge in [0, 0.05) is 12.3 Å². The second-order valence-corrected chi connectivity index (χ2v) is 6.13. The summed E-state index contributed by atoms with van der Waals surface area (Å²) in [5.74, 6) is -0.296. The minimum Gasteiger partial charge on any atom is -0.467 e. The number of benzene rings is 2. The van der Waals surface area contributed by atoms with Crippen LogP contribution in [0.3, 0.4) is 0 Å². The third kappa shape index (κ3) is 3.82. The lowest BCUT2D eigenvalue weighted by atomic mass is 10.1. The van der Waals surface area contributed by atoms with Gasteiger partial charge in [-0.2, -0.15) is 0 Å². The average molecular weight is 323 g/mol. The highest BCUT2D eigenvalue weighted by Gasteiger charge is 2.44. The highest BCUT2D eigenvalue weighted by atomic mass is 16.5. The number of carbonyl (C=O) groups excluding carboxylic acids is 2. The van der Waals surface area contributed by atoms with Crippen LogP contribution in [0.15, 0.2) is 60.7 Å². The highest BCUT2D eigenvalue weighted by Crippen LogP contribution is 2.47. The number of esters is 1. The van der Waals surface area contributed by atoms with E-state index in [-0.39, 0.29) is 17.7 Å². The molecule has 0 spiro atoms. The summed E-state index contributed by atoms with van der Waals surface area (Å²) in [5, 5.41) is 2.86. The number of nitrogens with one attached hydrogen (secondary N) is 1. The smallest absolute Gasteiger partial charge is 0.328 e.